The lowest BCUT2D eigenvalue weighted by atomic mass is 9.95. The van der Waals surface area contributed by atoms with Gasteiger partial charge in [-0.1, -0.05) is 182 Å². The maximum Gasteiger partial charge on any atom is 0.0645 e. The van der Waals surface area contributed by atoms with E-state index in [2.05, 4.69) is 6.07 Å². The minimum absolute atomic E-state index is 0.00830. The van der Waals surface area contributed by atoms with Crippen molar-refractivity contribution >= 4 is 27.8 Å². The molecule has 250 valence electrons. The quantitative estimate of drug-likeness (QED) is 0.153. The van der Waals surface area contributed by atoms with Crippen molar-refractivity contribution in [2.45, 2.75) is 0 Å². The molecule has 0 radical (unpaired) electrons. The largest absolute Gasteiger partial charge is 0.311 e. The molecule has 0 aliphatic rings. The molecule has 0 aliphatic carbocycles. The third kappa shape index (κ3) is 6.65. The molecule has 1 nitrogen and oxygen atoms in total. The van der Waals surface area contributed by atoms with Crippen molar-refractivity contribution in [3.63, 3.8) is 0 Å². The third-order valence-electron chi connectivity index (χ3n) is 8.78. The summed E-state index contributed by atoms with van der Waals surface area (Å²) >= 11 is 0. The van der Waals surface area contributed by atoms with Crippen molar-refractivity contribution in [1.82, 2.24) is 0 Å². The second-order valence-corrected chi connectivity index (χ2v) is 12.1. The smallest absolute Gasteiger partial charge is 0.0645 e. The van der Waals surface area contributed by atoms with Crippen LogP contribution in [0.25, 0.3) is 66.4 Å². The average molecular weight is 693 g/mol. The summed E-state index contributed by atoms with van der Waals surface area (Å²) in [7, 11) is 0. The fourth-order valence-electron chi connectivity index (χ4n) is 6.16. The van der Waals surface area contributed by atoms with Crippen LogP contribution in [0, 0.1) is 0 Å². The third-order valence-corrected chi connectivity index (χ3v) is 8.78. The Morgan fingerprint density at radius 3 is 1.43 bits per heavy atom. The summed E-state index contributed by atoms with van der Waals surface area (Å²) in [6.45, 7) is 0. The number of hydrogen-bond donors (Lipinski definition) is 0. The molecule has 0 saturated heterocycles. The standard InChI is InChI=1S/C52H37N/c1-3-11-38(12-4-1)40-21-23-41(24-22-40)43-27-33-49(34-28-43)53(48-31-25-42(26-32-48)39-13-5-2-6-14-39)50-35-29-44(30-36-50)46-17-9-18-47(37-46)52-20-10-16-45-15-7-8-19-51(45)52/h1-37H/i1D,3D,4D,11D,12D,21D,22D,23D,24D,25D,26D,27D,28D,31D,32D,33D,34D. The fourth-order valence-corrected chi connectivity index (χ4v) is 6.16. The van der Waals surface area contributed by atoms with Crippen molar-refractivity contribution in [3.05, 3.63) is 224 Å². The van der Waals surface area contributed by atoms with Crippen LogP contribution in [-0.4, -0.2) is 0 Å². The Morgan fingerprint density at radius 2 is 0.774 bits per heavy atom. The predicted molar refractivity (Wildman–Crippen MR) is 226 cm³/mol. The van der Waals surface area contributed by atoms with Gasteiger partial charge in [-0.2, -0.15) is 0 Å². The van der Waals surface area contributed by atoms with Crippen LogP contribution in [0.15, 0.2) is 224 Å². The van der Waals surface area contributed by atoms with Gasteiger partial charge in [0.1, 0.15) is 0 Å². The first-order chi connectivity index (χ1) is 33.4. The second-order valence-electron chi connectivity index (χ2n) is 12.1. The maximum atomic E-state index is 9.49. The van der Waals surface area contributed by atoms with Gasteiger partial charge in [-0.05, 0) is 109 Å². The Hall–Kier alpha value is -6.96. The predicted octanol–water partition coefficient (Wildman–Crippen LogP) is 14.6. The molecule has 0 aromatic heterocycles. The van der Waals surface area contributed by atoms with Crippen molar-refractivity contribution < 1.29 is 23.3 Å². The van der Waals surface area contributed by atoms with Crippen molar-refractivity contribution in [3.8, 4) is 55.6 Å². The van der Waals surface area contributed by atoms with E-state index in [0.717, 1.165) is 37.9 Å². The molecule has 9 rings (SSSR count). The maximum absolute atomic E-state index is 9.49. The highest BCUT2D eigenvalue weighted by molar-refractivity contribution is 5.97. The lowest BCUT2D eigenvalue weighted by Gasteiger charge is -2.26. The molecule has 0 aliphatic heterocycles. The Kier molecular flexibility index (Phi) is 5.01. The van der Waals surface area contributed by atoms with Gasteiger partial charge in [0.2, 0.25) is 0 Å². The van der Waals surface area contributed by atoms with E-state index in [4.69, 9.17) is 15.1 Å². The summed E-state index contributed by atoms with van der Waals surface area (Å²) in [4.78, 5) is 1.12. The molecule has 1 heteroatoms. The van der Waals surface area contributed by atoms with Crippen LogP contribution < -0.4 is 4.90 Å². The van der Waals surface area contributed by atoms with E-state index in [1.807, 2.05) is 60.7 Å². The van der Waals surface area contributed by atoms with Crippen molar-refractivity contribution in [2.75, 3.05) is 4.90 Å². The molecule has 0 spiro atoms. The molecule has 0 amide bonds. The topological polar surface area (TPSA) is 3.24 Å². The van der Waals surface area contributed by atoms with Crippen LogP contribution in [0.2, 0.25) is 0 Å². The first kappa shape index (κ1) is 18.5. The van der Waals surface area contributed by atoms with E-state index in [-0.39, 0.29) is 11.3 Å². The summed E-state index contributed by atoms with van der Waals surface area (Å²) < 4.78 is 152. The van der Waals surface area contributed by atoms with Crippen LogP contribution in [0.3, 0.4) is 0 Å². The van der Waals surface area contributed by atoms with E-state index in [1.54, 1.807) is 54.6 Å². The van der Waals surface area contributed by atoms with E-state index < -0.39 is 136 Å². The van der Waals surface area contributed by atoms with Crippen LogP contribution in [-0.2, 0) is 0 Å². The van der Waals surface area contributed by atoms with Gasteiger partial charge in [-0.3, -0.25) is 0 Å². The molecule has 0 atom stereocenters. The average Bonchev–Trinajstić information content (AvgIpc) is 3.37. The second kappa shape index (κ2) is 14.3. The van der Waals surface area contributed by atoms with Gasteiger partial charge >= 0.3 is 0 Å². The summed E-state index contributed by atoms with van der Waals surface area (Å²) in [5, 5.41) is 2.15. The first-order valence-corrected chi connectivity index (χ1v) is 16.8. The van der Waals surface area contributed by atoms with E-state index in [0.29, 0.717) is 5.56 Å². The Labute approximate surface area is 335 Å². The highest BCUT2D eigenvalue weighted by Crippen LogP contribution is 2.39. The van der Waals surface area contributed by atoms with Gasteiger partial charge < -0.3 is 4.90 Å². The van der Waals surface area contributed by atoms with Gasteiger partial charge in [-0.15, -0.1) is 0 Å². The summed E-state index contributed by atoms with van der Waals surface area (Å²) in [6.07, 6.45) is 0. The van der Waals surface area contributed by atoms with Gasteiger partial charge in [0.05, 0.1) is 23.3 Å². The fraction of sp³-hybridized carbons (Fsp3) is 0. The van der Waals surface area contributed by atoms with Gasteiger partial charge in [0.15, 0.2) is 0 Å². The van der Waals surface area contributed by atoms with Crippen LogP contribution in [0.4, 0.5) is 17.1 Å². The summed E-state index contributed by atoms with van der Waals surface area (Å²) in [5.41, 5.74) is 0.614. The SMILES string of the molecule is [2H]c1c([2H])c([2H])c(-c2c([2H])c([2H])c(-c3c([2H])c([2H])c(N(c4ccc(-c5cccc(-c6cccc7ccccc67)c5)cc4)c4c([2H])c([2H])c(-c5ccccc5)c([2H])c4[2H])c([2H])c3[2H])c([2H])c2[2H])c([2H])c1[2H]. The van der Waals surface area contributed by atoms with Crippen LogP contribution >= 0.6 is 0 Å². The van der Waals surface area contributed by atoms with E-state index in [1.165, 1.54) is 0 Å². The zero-order valence-corrected chi connectivity index (χ0v) is 28.0. The van der Waals surface area contributed by atoms with Crippen molar-refractivity contribution in [2.24, 2.45) is 0 Å². The molecular weight excluding hydrogens is 639 g/mol. The zero-order valence-electron chi connectivity index (χ0n) is 45.0. The number of nitrogens with zero attached hydrogens (tertiary/aromatic N) is 1. The normalized spacial score (nSPS) is 15.5. The monoisotopic (exact) mass is 692 g/mol. The van der Waals surface area contributed by atoms with Crippen LogP contribution in [0.5, 0.6) is 0 Å². The first-order valence-electron chi connectivity index (χ1n) is 25.3. The lowest BCUT2D eigenvalue weighted by Crippen LogP contribution is -2.09. The summed E-state index contributed by atoms with van der Waals surface area (Å²) in [6, 6.07) is 24.5. The molecular formula is C52H37N. The highest BCUT2D eigenvalue weighted by atomic mass is 15.1. The molecule has 0 fully saturated rings. The van der Waals surface area contributed by atoms with Gasteiger partial charge in [0.25, 0.3) is 0 Å². The minimum atomic E-state index is -0.871. The molecule has 0 unspecified atom stereocenters. The number of rotatable bonds is 8. The van der Waals surface area contributed by atoms with Gasteiger partial charge in [-0.25, -0.2) is 0 Å². The molecule has 0 N–H and O–H groups in total. The molecule has 0 heterocycles. The minimum Gasteiger partial charge on any atom is -0.311 e. The molecule has 53 heavy (non-hydrogen) atoms. The number of hydrogen-bond acceptors (Lipinski definition) is 1. The van der Waals surface area contributed by atoms with Gasteiger partial charge in [0, 0.05) is 17.1 Å². The van der Waals surface area contributed by atoms with Crippen molar-refractivity contribution in [1.29, 1.82) is 0 Å². The highest BCUT2D eigenvalue weighted by Gasteiger charge is 2.14. The summed E-state index contributed by atoms with van der Waals surface area (Å²) in [5.74, 6) is 0. The number of benzene rings is 9. The number of anilines is 3. The Morgan fingerprint density at radius 1 is 0.302 bits per heavy atom. The van der Waals surface area contributed by atoms with E-state index >= 15 is 0 Å². The van der Waals surface area contributed by atoms with E-state index in [9.17, 15) is 8.22 Å². The zero-order chi connectivity index (χ0) is 50.2. The molecule has 0 saturated carbocycles. The Balaban J connectivity index is 1.25. The molecule has 9 aromatic rings. The lowest BCUT2D eigenvalue weighted by molar-refractivity contribution is 1.28. The number of fused-ring (bicyclic) bond motifs is 1. The van der Waals surface area contributed by atoms with Crippen LogP contribution in [0.1, 0.15) is 23.3 Å². The molecule has 9 aromatic carbocycles. The Bertz CT molecular complexity index is 3510. The molecule has 0 bridgehead atoms.